The lowest BCUT2D eigenvalue weighted by atomic mass is 10.1. The van der Waals surface area contributed by atoms with Crippen LogP contribution in [-0.4, -0.2) is 14.8 Å². The molecule has 2 aromatic carbocycles. The number of aryl methyl sites for hydroxylation is 1. The molecule has 0 aliphatic carbocycles. The van der Waals surface area contributed by atoms with Crippen LogP contribution in [-0.2, 0) is 0 Å². The summed E-state index contributed by atoms with van der Waals surface area (Å²) in [5, 5.41) is 2.08. The number of thiophene rings is 1. The summed E-state index contributed by atoms with van der Waals surface area (Å²) in [6.07, 6.45) is 0. The van der Waals surface area contributed by atoms with E-state index in [-0.39, 0.29) is 1.43 Å². The first-order chi connectivity index (χ1) is 11.6. The van der Waals surface area contributed by atoms with Gasteiger partial charge in [0, 0.05) is 5.56 Å². The topological polar surface area (TPSA) is 21.6 Å². The number of nitrogens with zero attached hydrogens (tertiary/aromatic N) is 1. The molecule has 0 fully saturated rings. The largest absolute Gasteiger partial charge is 1.00 e. The van der Waals surface area contributed by atoms with Gasteiger partial charge in [0.2, 0.25) is 9.04 Å². The van der Waals surface area contributed by atoms with Gasteiger partial charge in [-0.1, -0.05) is 42.5 Å². The van der Waals surface area contributed by atoms with Crippen molar-refractivity contribution < 1.29 is 5.85 Å². The Kier molecular flexibility index (Phi) is 5.28. The summed E-state index contributed by atoms with van der Waals surface area (Å²) in [6, 6.07) is 20.7. The van der Waals surface area contributed by atoms with Gasteiger partial charge in [0.1, 0.15) is 11.4 Å². The molecule has 4 heteroatoms. The second-order valence-electron chi connectivity index (χ2n) is 5.94. The first-order valence-electron chi connectivity index (χ1n) is 8.09. The van der Waals surface area contributed by atoms with Crippen LogP contribution in [0.1, 0.15) is 17.4 Å². The lowest BCUT2D eigenvalue weighted by Gasteiger charge is -2.14. The number of rotatable bonds is 5. The third-order valence-corrected chi connectivity index (χ3v) is 5.11. The van der Waals surface area contributed by atoms with Crippen LogP contribution >= 0.6 is 11.3 Å². The van der Waals surface area contributed by atoms with E-state index < -0.39 is 9.04 Å². The second kappa shape index (κ2) is 7.60. The van der Waals surface area contributed by atoms with E-state index in [0.29, 0.717) is 0 Å². The standard InChI is InChI=1S/C20H21NOSSi/c1-15-11-12-17(18(14-15)22-24(2)3)21-20(19-10-7-13-23-19)16-8-5-4-6-9-16/h4-14,24H,1-3H3/p+1. The molecule has 0 saturated carbocycles. The lowest BCUT2D eigenvalue weighted by Crippen LogP contribution is -2.11. The van der Waals surface area contributed by atoms with E-state index >= 15 is 0 Å². The smallest absolute Gasteiger partial charge is 0.546 e. The summed E-state index contributed by atoms with van der Waals surface area (Å²) >= 11 is 1.71. The third kappa shape index (κ3) is 4.02. The van der Waals surface area contributed by atoms with Gasteiger partial charge < -0.3 is 4.43 Å². The zero-order chi connectivity index (χ0) is 16.9. The van der Waals surface area contributed by atoms with Crippen LogP contribution in [0, 0.1) is 6.92 Å². The van der Waals surface area contributed by atoms with E-state index in [1.165, 1.54) is 5.56 Å². The van der Waals surface area contributed by atoms with Crippen LogP contribution in [0.3, 0.4) is 0 Å². The maximum Gasteiger partial charge on any atom is 1.00 e. The summed E-state index contributed by atoms with van der Waals surface area (Å²) in [5.41, 5.74) is 4.20. The number of benzene rings is 2. The van der Waals surface area contributed by atoms with Gasteiger partial charge in [-0.2, -0.15) is 0 Å². The highest BCUT2D eigenvalue weighted by Crippen LogP contribution is 2.31. The molecule has 0 amide bonds. The third-order valence-electron chi connectivity index (χ3n) is 3.51. The predicted octanol–water partition coefficient (Wildman–Crippen LogP) is 5.70. The first kappa shape index (κ1) is 16.7. The van der Waals surface area contributed by atoms with E-state index in [0.717, 1.165) is 27.6 Å². The molecular weight excluding hydrogens is 330 g/mol. The van der Waals surface area contributed by atoms with Crippen molar-refractivity contribution >= 4 is 31.8 Å². The molecule has 0 aliphatic heterocycles. The molecular formula is C20H22NOSSi+. The number of aliphatic imine (C=N–C) groups is 1. The quantitative estimate of drug-likeness (QED) is 0.426. The fourth-order valence-electron chi connectivity index (χ4n) is 2.45. The molecule has 0 spiro atoms. The van der Waals surface area contributed by atoms with E-state index in [1.807, 2.05) is 18.2 Å². The van der Waals surface area contributed by atoms with Crippen molar-refractivity contribution in [2.45, 2.75) is 20.0 Å². The number of hydrogen-bond acceptors (Lipinski definition) is 3. The summed E-state index contributed by atoms with van der Waals surface area (Å²) < 4.78 is 6.12. The summed E-state index contributed by atoms with van der Waals surface area (Å²) in [5.74, 6) is 0.890. The molecule has 1 heterocycles. The molecule has 24 heavy (non-hydrogen) atoms. The van der Waals surface area contributed by atoms with Gasteiger partial charge in [0.25, 0.3) is 0 Å². The zero-order valence-electron chi connectivity index (χ0n) is 15.2. The van der Waals surface area contributed by atoms with Crippen LogP contribution in [0.4, 0.5) is 5.69 Å². The average Bonchev–Trinajstić information content (AvgIpc) is 3.08. The van der Waals surface area contributed by atoms with Crippen molar-refractivity contribution in [2.24, 2.45) is 4.99 Å². The molecule has 122 valence electrons. The Morgan fingerprint density at radius 3 is 2.50 bits per heavy atom. The van der Waals surface area contributed by atoms with Crippen molar-refractivity contribution in [1.82, 2.24) is 0 Å². The van der Waals surface area contributed by atoms with Crippen LogP contribution < -0.4 is 4.43 Å². The molecule has 0 radical (unpaired) electrons. The minimum Gasteiger partial charge on any atom is -0.546 e. The maximum absolute atomic E-state index is 6.12. The van der Waals surface area contributed by atoms with Gasteiger partial charge in [0.05, 0.1) is 10.6 Å². The Morgan fingerprint density at radius 1 is 1.04 bits per heavy atom. The Morgan fingerprint density at radius 2 is 1.83 bits per heavy atom. The van der Waals surface area contributed by atoms with Crippen LogP contribution in [0.15, 0.2) is 71.0 Å². The molecule has 3 rings (SSSR count). The minimum atomic E-state index is -1.19. The van der Waals surface area contributed by atoms with E-state index in [1.54, 1.807) is 11.3 Å². The van der Waals surface area contributed by atoms with E-state index in [9.17, 15) is 0 Å². The molecule has 0 bridgehead atoms. The Hall–Kier alpha value is -2.17. The summed E-state index contributed by atoms with van der Waals surface area (Å²) in [7, 11) is -1.19. The highest BCUT2D eigenvalue weighted by atomic mass is 32.1. The molecule has 1 aromatic heterocycles. The maximum atomic E-state index is 6.12. The lowest BCUT2D eigenvalue weighted by molar-refractivity contribution is 0.581. The molecule has 2 nitrogen and oxygen atoms in total. The van der Waals surface area contributed by atoms with Gasteiger partial charge in [-0.15, -0.1) is 11.3 Å². The summed E-state index contributed by atoms with van der Waals surface area (Å²) in [6.45, 7) is 6.43. The SMILES string of the molecule is Cc1ccc(N=C(c2ccccc2)c2cccs2)c(O[SiH](C)C)c1.[H+]. The van der Waals surface area contributed by atoms with Crippen LogP contribution in [0.25, 0.3) is 0 Å². The summed E-state index contributed by atoms with van der Waals surface area (Å²) in [4.78, 5) is 6.15. The van der Waals surface area contributed by atoms with Crippen molar-refractivity contribution in [3.8, 4) is 5.75 Å². The van der Waals surface area contributed by atoms with E-state index in [4.69, 9.17) is 9.42 Å². The van der Waals surface area contributed by atoms with E-state index in [2.05, 4.69) is 67.9 Å². The van der Waals surface area contributed by atoms with Gasteiger partial charge in [-0.3, -0.25) is 0 Å². The molecule has 0 unspecified atom stereocenters. The van der Waals surface area contributed by atoms with Gasteiger partial charge in [0.15, 0.2) is 0 Å². The Bertz CT molecular complexity index is 832. The average molecular weight is 353 g/mol. The van der Waals surface area contributed by atoms with Gasteiger partial charge >= 0.3 is 1.43 Å². The molecule has 0 aliphatic rings. The highest BCUT2D eigenvalue weighted by molar-refractivity contribution is 7.12. The van der Waals surface area contributed by atoms with Crippen molar-refractivity contribution in [3.05, 3.63) is 82.0 Å². The number of hydrogen-bond donors (Lipinski definition) is 0. The normalized spacial score (nSPS) is 11.8. The fourth-order valence-corrected chi connectivity index (χ4v) is 3.89. The van der Waals surface area contributed by atoms with Gasteiger partial charge in [-0.05, 0) is 49.2 Å². The van der Waals surface area contributed by atoms with Crippen molar-refractivity contribution in [3.63, 3.8) is 0 Å². The first-order valence-corrected chi connectivity index (χ1v) is 11.7. The molecule has 0 N–H and O–H groups in total. The highest BCUT2D eigenvalue weighted by Gasteiger charge is 2.11. The van der Waals surface area contributed by atoms with Gasteiger partial charge in [-0.25, -0.2) is 4.99 Å². The Balaban J connectivity index is 0.00000225. The van der Waals surface area contributed by atoms with Crippen molar-refractivity contribution in [1.29, 1.82) is 0 Å². The Labute approximate surface area is 150 Å². The monoisotopic (exact) mass is 352 g/mol. The molecule has 0 atom stereocenters. The fraction of sp³-hybridized carbons (Fsp3) is 0.150. The molecule has 0 saturated heterocycles. The predicted molar refractivity (Wildman–Crippen MR) is 108 cm³/mol. The van der Waals surface area contributed by atoms with Crippen molar-refractivity contribution in [2.75, 3.05) is 0 Å². The van der Waals surface area contributed by atoms with Crippen LogP contribution in [0.5, 0.6) is 5.75 Å². The minimum absolute atomic E-state index is 0. The van der Waals surface area contributed by atoms with Crippen LogP contribution in [0.2, 0.25) is 13.1 Å². The second-order valence-corrected chi connectivity index (χ2v) is 9.22. The zero-order valence-corrected chi connectivity index (χ0v) is 16.2. The molecule has 3 aromatic rings.